The van der Waals surface area contributed by atoms with Crippen LogP contribution in [0.2, 0.25) is 0 Å². The molecule has 0 saturated carbocycles. The first kappa shape index (κ1) is 16.9. The number of hydrogen-bond donors (Lipinski definition) is 3. The first-order chi connectivity index (χ1) is 12.0. The third-order valence-corrected chi connectivity index (χ3v) is 4.34. The largest absolute Gasteiger partial charge is 0.507 e. The SMILES string of the molecule is CCCCC(c1ccc(O)c(O)c1)c1cc(=O)c2c(O)cccc2o1. The molecule has 3 aromatic rings. The molecule has 5 nitrogen and oxygen atoms in total. The number of unbranched alkanes of at least 4 members (excludes halogenated alkanes) is 1. The first-order valence-corrected chi connectivity index (χ1v) is 8.29. The van der Waals surface area contributed by atoms with Crippen molar-refractivity contribution in [2.75, 3.05) is 0 Å². The van der Waals surface area contributed by atoms with Crippen LogP contribution < -0.4 is 5.43 Å². The van der Waals surface area contributed by atoms with E-state index in [9.17, 15) is 20.1 Å². The maximum Gasteiger partial charge on any atom is 0.196 e. The van der Waals surface area contributed by atoms with Crippen LogP contribution in [0.3, 0.4) is 0 Å². The monoisotopic (exact) mass is 340 g/mol. The van der Waals surface area contributed by atoms with Gasteiger partial charge in [0.2, 0.25) is 0 Å². The third kappa shape index (κ3) is 3.31. The molecule has 0 radical (unpaired) electrons. The lowest BCUT2D eigenvalue weighted by Crippen LogP contribution is -2.08. The van der Waals surface area contributed by atoms with E-state index in [0.717, 1.165) is 24.8 Å². The maximum atomic E-state index is 12.4. The van der Waals surface area contributed by atoms with E-state index >= 15 is 0 Å². The van der Waals surface area contributed by atoms with Crippen molar-refractivity contribution in [1.82, 2.24) is 0 Å². The average Bonchev–Trinajstić information content (AvgIpc) is 2.58. The Hall–Kier alpha value is -2.95. The number of rotatable bonds is 5. The average molecular weight is 340 g/mol. The van der Waals surface area contributed by atoms with Crippen molar-refractivity contribution in [3.05, 3.63) is 64.0 Å². The van der Waals surface area contributed by atoms with Crippen molar-refractivity contribution in [3.63, 3.8) is 0 Å². The van der Waals surface area contributed by atoms with Crippen LogP contribution in [-0.2, 0) is 0 Å². The summed E-state index contributed by atoms with van der Waals surface area (Å²) in [7, 11) is 0. The molecule has 25 heavy (non-hydrogen) atoms. The van der Waals surface area contributed by atoms with Crippen LogP contribution in [0, 0.1) is 0 Å². The molecule has 0 aliphatic rings. The number of benzene rings is 2. The van der Waals surface area contributed by atoms with E-state index in [1.165, 1.54) is 24.3 Å². The lowest BCUT2D eigenvalue weighted by Gasteiger charge is -2.17. The number of fused-ring (bicyclic) bond motifs is 1. The zero-order valence-electron chi connectivity index (χ0n) is 13.9. The second kappa shape index (κ2) is 6.89. The molecule has 1 aromatic heterocycles. The Morgan fingerprint density at radius 1 is 1.00 bits per heavy atom. The smallest absolute Gasteiger partial charge is 0.196 e. The predicted molar refractivity (Wildman–Crippen MR) is 95.3 cm³/mol. The molecule has 0 aliphatic carbocycles. The van der Waals surface area contributed by atoms with E-state index in [1.54, 1.807) is 18.2 Å². The summed E-state index contributed by atoms with van der Waals surface area (Å²) < 4.78 is 5.90. The quantitative estimate of drug-likeness (QED) is 0.605. The van der Waals surface area contributed by atoms with Crippen LogP contribution in [0.5, 0.6) is 17.2 Å². The topological polar surface area (TPSA) is 90.9 Å². The highest BCUT2D eigenvalue weighted by atomic mass is 16.3. The molecule has 0 fully saturated rings. The molecular formula is C20H20O5. The molecule has 5 heteroatoms. The van der Waals surface area contributed by atoms with Crippen LogP contribution in [0.4, 0.5) is 0 Å². The summed E-state index contributed by atoms with van der Waals surface area (Å²) in [5.41, 5.74) is 0.775. The Bertz CT molecular complexity index is 958. The normalized spacial score (nSPS) is 12.4. The van der Waals surface area contributed by atoms with Crippen molar-refractivity contribution in [1.29, 1.82) is 0 Å². The molecule has 0 amide bonds. The highest BCUT2D eigenvalue weighted by molar-refractivity contribution is 5.82. The van der Waals surface area contributed by atoms with E-state index < -0.39 is 0 Å². The highest BCUT2D eigenvalue weighted by Gasteiger charge is 2.20. The second-order valence-corrected chi connectivity index (χ2v) is 6.11. The number of phenols is 3. The molecular weight excluding hydrogens is 320 g/mol. The Morgan fingerprint density at radius 3 is 2.52 bits per heavy atom. The Morgan fingerprint density at radius 2 is 1.80 bits per heavy atom. The lowest BCUT2D eigenvalue weighted by molar-refractivity contribution is 0.402. The minimum Gasteiger partial charge on any atom is -0.507 e. The van der Waals surface area contributed by atoms with Gasteiger partial charge in [-0.2, -0.15) is 0 Å². The molecule has 1 atom stereocenters. The fourth-order valence-corrected chi connectivity index (χ4v) is 3.02. The lowest BCUT2D eigenvalue weighted by atomic mass is 9.90. The van der Waals surface area contributed by atoms with Gasteiger partial charge in [-0.3, -0.25) is 4.79 Å². The molecule has 1 unspecified atom stereocenters. The van der Waals surface area contributed by atoms with Gasteiger partial charge in [0.15, 0.2) is 16.9 Å². The van der Waals surface area contributed by atoms with Crippen molar-refractivity contribution >= 4 is 11.0 Å². The van der Waals surface area contributed by atoms with Gasteiger partial charge in [0.1, 0.15) is 22.5 Å². The fourth-order valence-electron chi connectivity index (χ4n) is 3.02. The Kier molecular flexibility index (Phi) is 4.65. The molecule has 2 aromatic carbocycles. The zero-order chi connectivity index (χ0) is 18.0. The highest BCUT2D eigenvalue weighted by Crippen LogP contribution is 2.35. The van der Waals surface area contributed by atoms with Gasteiger partial charge in [-0.05, 0) is 36.2 Å². The fraction of sp³-hybridized carbons (Fsp3) is 0.250. The van der Waals surface area contributed by atoms with Crippen molar-refractivity contribution in [2.24, 2.45) is 0 Å². The van der Waals surface area contributed by atoms with Gasteiger partial charge in [-0.25, -0.2) is 0 Å². The molecule has 130 valence electrons. The molecule has 0 bridgehead atoms. The first-order valence-electron chi connectivity index (χ1n) is 8.29. The van der Waals surface area contributed by atoms with Crippen LogP contribution in [0.25, 0.3) is 11.0 Å². The minimum absolute atomic E-state index is 0.106. The zero-order valence-corrected chi connectivity index (χ0v) is 13.9. The van der Waals surface area contributed by atoms with E-state index in [4.69, 9.17) is 4.42 Å². The molecule has 3 N–H and O–H groups in total. The van der Waals surface area contributed by atoms with Crippen molar-refractivity contribution in [3.8, 4) is 17.2 Å². The predicted octanol–water partition coefficient (Wildman–Crippen LogP) is 4.23. The Balaban J connectivity index is 2.14. The van der Waals surface area contributed by atoms with Gasteiger partial charge in [-0.1, -0.05) is 31.9 Å². The summed E-state index contributed by atoms with van der Waals surface area (Å²) in [6.07, 6.45) is 2.61. The maximum absolute atomic E-state index is 12.4. The molecule has 0 aliphatic heterocycles. The van der Waals surface area contributed by atoms with E-state index in [2.05, 4.69) is 6.92 Å². The van der Waals surface area contributed by atoms with Crippen LogP contribution in [0.1, 0.15) is 43.4 Å². The van der Waals surface area contributed by atoms with Crippen LogP contribution in [-0.4, -0.2) is 15.3 Å². The Labute approximate surface area is 144 Å². The van der Waals surface area contributed by atoms with E-state index in [0.29, 0.717) is 11.3 Å². The van der Waals surface area contributed by atoms with E-state index in [-0.39, 0.29) is 34.0 Å². The van der Waals surface area contributed by atoms with Crippen molar-refractivity contribution in [2.45, 2.75) is 32.1 Å². The molecule has 3 rings (SSSR count). The molecule has 0 saturated heterocycles. The van der Waals surface area contributed by atoms with Gasteiger partial charge < -0.3 is 19.7 Å². The van der Waals surface area contributed by atoms with Crippen LogP contribution >= 0.6 is 0 Å². The van der Waals surface area contributed by atoms with Gasteiger partial charge in [0.25, 0.3) is 0 Å². The van der Waals surface area contributed by atoms with Gasteiger partial charge in [0, 0.05) is 12.0 Å². The van der Waals surface area contributed by atoms with Gasteiger partial charge in [-0.15, -0.1) is 0 Å². The van der Waals surface area contributed by atoms with E-state index in [1.807, 2.05) is 0 Å². The second-order valence-electron chi connectivity index (χ2n) is 6.11. The molecule has 0 spiro atoms. The summed E-state index contributed by atoms with van der Waals surface area (Å²) in [6, 6.07) is 10.7. The standard InChI is InChI=1S/C20H20O5/c1-2-3-5-13(12-8-9-14(21)16(23)10-12)19-11-17(24)20-15(22)6-4-7-18(20)25-19/h4,6-11,13,21-23H,2-3,5H2,1H3. The summed E-state index contributed by atoms with van der Waals surface area (Å²) in [6.45, 7) is 2.07. The molecule has 1 heterocycles. The van der Waals surface area contributed by atoms with Crippen LogP contribution in [0.15, 0.2) is 51.7 Å². The summed E-state index contributed by atoms with van der Waals surface area (Å²) in [5.74, 6) is -0.264. The number of hydrogen-bond acceptors (Lipinski definition) is 5. The third-order valence-electron chi connectivity index (χ3n) is 4.34. The summed E-state index contributed by atoms with van der Waals surface area (Å²) in [4.78, 5) is 12.4. The number of phenolic OH excluding ortho intramolecular Hbond substituents is 3. The summed E-state index contributed by atoms with van der Waals surface area (Å²) in [5, 5.41) is 29.4. The van der Waals surface area contributed by atoms with Crippen molar-refractivity contribution < 1.29 is 19.7 Å². The van der Waals surface area contributed by atoms with Gasteiger partial charge >= 0.3 is 0 Å². The summed E-state index contributed by atoms with van der Waals surface area (Å²) >= 11 is 0. The van der Waals surface area contributed by atoms with Gasteiger partial charge in [0.05, 0.1) is 0 Å². The number of aromatic hydroxyl groups is 3. The minimum atomic E-state index is -0.307.